The van der Waals surface area contributed by atoms with Crippen LogP contribution >= 0.6 is 15.9 Å². The van der Waals surface area contributed by atoms with Crippen molar-refractivity contribution in [2.75, 3.05) is 0 Å². The zero-order chi connectivity index (χ0) is 15.8. The quantitative estimate of drug-likeness (QED) is 0.845. The van der Waals surface area contributed by atoms with Crippen molar-refractivity contribution < 1.29 is 27.5 Å². The summed E-state index contributed by atoms with van der Waals surface area (Å²) >= 11 is 2.73. The van der Waals surface area contributed by atoms with Gasteiger partial charge in [0.25, 0.3) is 0 Å². The third-order valence-corrected chi connectivity index (χ3v) is 3.21. The van der Waals surface area contributed by atoms with E-state index in [1.54, 1.807) is 0 Å². The van der Waals surface area contributed by atoms with Crippen LogP contribution in [0.25, 0.3) is 0 Å². The van der Waals surface area contributed by atoms with Gasteiger partial charge in [0.15, 0.2) is 5.69 Å². The van der Waals surface area contributed by atoms with Gasteiger partial charge in [-0.2, -0.15) is 18.3 Å². The summed E-state index contributed by atoms with van der Waals surface area (Å²) in [4.78, 5) is 10.8. The second-order valence-corrected chi connectivity index (χ2v) is 4.96. The third-order valence-electron chi connectivity index (χ3n) is 2.63. The first-order valence-corrected chi connectivity index (χ1v) is 6.30. The van der Waals surface area contributed by atoms with E-state index in [1.165, 1.54) is 12.1 Å². The molecule has 0 saturated carbocycles. The molecule has 2 aromatic rings. The molecule has 21 heavy (non-hydrogen) atoms. The van der Waals surface area contributed by atoms with Gasteiger partial charge in [0.2, 0.25) is 0 Å². The Morgan fingerprint density at radius 2 is 2.05 bits per heavy atom. The molecule has 1 aromatic carbocycles. The molecule has 1 heterocycles. The van der Waals surface area contributed by atoms with Crippen LogP contribution < -0.4 is 0 Å². The van der Waals surface area contributed by atoms with Crippen LogP contribution in [-0.2, 0) is 12.7 Å². The molecule has 4 nitrogen and oxygen atoms in total. The lowest BCUT2D eigenvalue weighted by atomic mass is 10.1. The SMILES string of the molecule is O=C(O)c1cccc(Cn2cc(Br)c(C(F)(F)F)n2)c1F. The summed E-state index contributed by atoms with van der Waals surface area (Å²) in [7, 11) is 0. The average Bonchev–Trinajstić information content (AvgIpc) is 2.72. The summed E-state index contributed by atoms with van der Waals surface area (Å²) in [6.07, 6.45) is -3.58. The predicted molar refractivity (Wildman–Crippen MR) is 67.4 cm³/mol. The molecule has 1 N–H and O–H groups in total. The first-order valence-electron chi connectivity index (χ1n) is 5.51. The molecule has 0 radical (unpaired) electrons. The summed E-state index contributed by atoms with van der Waals surface area (Å²) in [5.41, 5.74) is -1.74. The second-order valence-electron chi connectivity index (χ2n) is 4.10. The molecular weight excluding hydrogens is 360 g/mol. The molecule has 9 heteroatoms. The van der Waals surface area contributed by atoms with Crippen molar-refractivity contribution in [1.82, 2.24) is 9.78 Å². The fourth-order valence-electron chi connectivity index (χ4n) is 1.71. The van der Waals surface area contributed by atoms with Gasteiger partial charge in [0.05, 0.1) is 16.6 Å². The Balaban J connectivity index is 2.36. The molecule has 0 amide bonds. The number of alkyl halides is 3. The van der Waals surface area contributed by atoms with Crippen molar-refractivity contribution in [2.24, 2.45) is 0 Å². The Labute approximate surface area is 124 Å². The summed E-state index contributed by atoms with van der Waals surface area (Å²) in [5, 5.41) is 12.1. The molecule has 2 rings (SSSR count). The molecule has 0 aliphatic carbocycles. The molecule has 0 unspecified atom stereocenters. The normalized spacial score (nSPS) is 11.7. The van der Waals surface area contributed by atoms with Gasteiger partial charge in [-0.25, -0.2) is 9.18 Å². The van der Waals surface area contributed by atoms with Crippen LogP contribution in [0, 0.1) is 5.82 Å². The van der Waals surface area contributed by atoms with E-state index >= 15 is 0 Å². The van der Waals surface area contributed by atoms with Crippen LogP contribution in [0.2, 0.25) is 0 Å². The van der Waals surface area contributed by atoms with Gasteiger partial charge in [0.1, 0.15) is 5.82 Å². The minimum absolute atomic E-state index is 0.0707. The van der Waals surface area contributed by atoms with E-state index in [9.17, 15) is 22.4 Å². The van der Waals surface area contributed by atoms with E-state index in [-0.39, 0.29) is 16.6 Å². The number of aromatic nitrogens is 2. The largest absolute Gasteiger partial charge is 0.478 e. The topological polar surface area (TPSA) is 55.1 Å². The molecule has 0 atom stereocenters. The van der Waals surface area contributed by atoms with Crippen molar-refractivity contribution in [2.45, 2.75) is 12.7 Å². The standard InChI is InChI=1S/C12H7BrF4N2O2/c13-8-5-19(18-10(8)12(15,16)17)4-6-2-1-3-7(9(6)14)11(20)21/h1-3,5H,4H2,(H,20,21). The monoisotopic (exact) mass is 366 g/mol. The van der Waals surface area contributed by atoms with E-state index in [1.807, 2.05) is 0 Å². The Morgan fingerprint density at radius 1 is 1.38 bits per heavy atom. The van der Waals surface area contributed by atoms with Crippen molar-refractivity contribution in [3.05, 3.63) is 51.5 Å². The number of halogens is 5. The van der Waals surface area contributed by atoms with Crippen LogP contribution in [0.4, 0.5) is 17.6 Å². The number of nitrogens with zero attached hydrogens (tertiary/aromatic N) is 2. The molecular formula is C12H7BrF4N2O2. The number of benzene rings is 1. The van der Waals surface area contributed by atoms with E-state index in [2.05, 4.69) is 21.0 Å². The predicted octanol–water partition coefficient (Wildman–Crippen LogP) is 3.55. The van der Waals surface area contributed by atoms with E-state index in [0.29, 0.717) is 0 Å². The highest BCUT2D eigenvalue weighted by molar-refractivity contribution is 9.10. The third kappa shape index (κ3) is 3.23. The second kappa shape index (κ2) is 5.47. The first-order chi connectivity index (χ1) is 9.70. The number of rotatable bonds is 3. The molecule has 0 aliphatic rings. The maximum Gasteiger partial charge on any atom is 0.436 e. The zero-order valence-corrected chi connectivity index (χ0v) is 11.7. The van der Waals surface area contributed by atoms with Crippen LogP contribution in [0.1, 0.15) is 21.6 Å². The minimum Gasteiger partial charge on any atom is -0.478 e. The summed E-state index contributed by atoms with van der Waals surface area (Å²) in [6, 6.07) is 3.66. The molecule has 0 spiro atoms. The lowest BCUT2D eigenvalue weighted by Crippen LogP contribution is -2.10. The van der Waals surface area contributed by atoms with Gasteiger partial charge in [-0.3, -0.25) is 4.68 Å². The number of aromatic carboxylic acids is 1. The van der Waals surface area contributed by atoms with Gasteiger partial charge in [-0.1, -0.05) is 12.1 Å². The highest BCUT2D eigenvalue weighted by Gasteiger charge is 2.36. The lowest BCUT2D eigenvalue weighted by molar-refractivity contribution is -0.142. The van der Waals surface area contributed by atoms with Crippen molar-refractivity contribution in [3.8, 4) is 0 Å². The fourth-order valence-corrected chi connectivity index (χ4v) is 2.25. The van der Waals surface area contributed by atoms with E-state index < -0.39 is 29.2 Å². The van der Waals surface area contributed by atoms with E-state index in [4.69, 9.17) is 5.11 Å². The molecule has 0 bridgehead atoms. The Hall–Kier alpha value is -1.90. The Bertz CT molecular complexity index is 697. The maximum absolute atomic E-state index is 13.9. The smallest absolute Gasteiger partial charge is 0.436 e. The Kier molecular flexibility index (Phi) is 4.04. The molecule has 0 fully saturated rings. The first kappa shape index (κ1) is 15.5. The number of carboxylic acid groups (broad SMARTS) is 1. The molecule has 1 aromatic heterocycles. The summed E-state index contributed by atoms with van der Waals surface area (Å²) < 4.78 is 52.3. The highest BCUT2D eigenvalue weighted by atomic mass is 79.9. The van der Waals surface area contributed by atoms with Crippen molar-refractivity contribution in [3.63, 3.8) is 0 Å². The van der Waals surface area contributed by atoms with Crippen LogP contribution in [0.5, 0.6) is 0 Å². The lowest BCUT2D eigenvalue weighted by Gasteiger charge is -2.06. The minimum atomic E-state index is -4.63. The van der Waals surface area contributed by atoms with Gasteiger partial charge < -0.3 is 5.11 Å². The van der Waals surface area contributed by atoms with Gasteiger partial charge in [0, 0.05) is 11.8 Å². The summed E-state index contributed by atoms with van der Waals surface area (Å²) in [6.45, 7) is -0.318. The van der Waals surface area contributed by atoms with Crippen LogP contribution in [-0.4, -0.2) is 20.9 Å². The Morgan fingerprint density at radius 3 is 2.57 bits per heavy atom. The average molecular weight is 367 g/mol. The highest BCUT2D eigenvalue weighted by Crippen LogP contribution is 2.33. The fraction of sp³-hybridized carbons (Fsp3) is 0.167. The molecule has 0 saturated heterocycles. The number of hydrogen-bond donors (Lipinski definition) is 1. The zero-order valence-electron chi connectivity index (χ0n) is 10.2. The number of carbonyl (C=O) groups is 1. The molecule has 112 valence electrons. The number of carboxylic acids is 1. The van der Waals surface area contributed by atoms with Gasteiger partial charge >= 0.3 is 12.1 Å². The van der Waals surface area contributed by atoms with Crippen molar-refractivity contribution in [1.29, 1.82) is 0 Å². The number of hydrogen-bond acceptors (Lipinski definition) is 2. The molecule has 0 aliphatic heterocycles. The van der Waals surface area contributed by atoms with Gasteiger partial charge in [-0.05, 0) is 22.0 Å². The van der Waals surface area contributed by atoms with Crippen molar-refractivity contribution >= 4 is 21.9 Å². The maximum atomic E-state index is 13.9. The van der Waals surface area contributed by atoms with E-state index in [0.717, 1.165) is 16.9 Å². The van der Waals surface area contributed by atoms with Crippen LogP contribution in [0.3, 0.4) is 0 Å². The summed E-state index contributed by atoms with van der Waals surface area (Å²) in [5.74, 6) is -2.45. The van der Waals surface area contributed by atoms with Gasteiger partial charge in [-0.15, -0.1) is 0 Å². The van der Waals surface area contributed by atoms with Crippen LogP contribution in [0.15, 0.2) is 28.9 Å².